The summed E-state index contributed by atoms with van der Waals surface area (Å²) < 4.78 is 0. The van der Waals surface area contributed by atoms with Crippen LogP contribution < -0.4 is 0 Å². The molecule has 0 bridgehead atoms. The zero-order chi connectivity index (χ0) is 20.0. The van der Waals surface area contributed by atoms with Gasteiger partial charge in [0.2, 0.25) is 0 Å². The molecule has 26 heavy (non-hydrogen) atoms. The molecule has 0 saturated heterocycles. The van der Waals surface area contributed by atoms with Crippen LogP contribution in [0, 0.1) is 20.2 Å². The molecule has 0 atom stereocenters. The molecule has 0 heterocycles. The second kappa shape index (κ2) is 9.09. The SMILES string of the molecule is O=C(Cl)c1cc(Cl)cc([N+](=O)[O-])c1.O=C(O)c1cc(Cl)cc([N+](=O)[O-])c1. The largest absolute Gasteiger partial charge is 0.478 e. The van der Waals surface area contributed by atoms with Crippen LogP contribution in [-0.2, 0) is 0 Å². The first-order chi connectivity index (χ1) is 12.0. The number of nitro groups is 2. The predicted octanol–water partition coefficient (Wildman–Crippen LogP) is 4.57. The molecule has 0 amide bonds. The lowest BCUT2D eigenvalue weighted by Gasteiger charge is -1.95. The highest BCUT2D eigenvalue weighted by Gasteiger charge is 2.13. The van der Waals surface area contributed by atoms with Gasteiger partial charge in [0.25, 0.3) is 16.6 Å². The Labute approximate surface area is 160 Å². The minimum atomic E-state index is -1.24. The van der Waals surface area contributed by atoms with Crippen LogP contribution in [0.1, 0.15) is 20.7 Å². The number of hydrogen-bond donors (Lipinski definition) is 1. The van der Waals surface area contributed by atoms with E-state index in [1.54, 1.807) is 0 Å². The summed E-state index contributed by atoms with van der Waals surface area (Å²) in [4.78, 5) is 40.4. The number of non-ortho nitro benzene ring substituents is 2. The number of hydrogen-bond acceptors (Lipinski definition) is 6. The summed E-state index contributed by atoms with van der Waals surface area (Å²) in [6, 6.07) is 6.68. The molecule has 0 aliphatic heterocycles. The molecule has 0 spiro atoms. The molecular weight excluding hydrogens is 415 g/mol. The van der Waals surface area contributed by atoms with Gasteiger partial charge in [0, 0.05) is 39.9 Å². The molecule has 9 nitrogen and oxygen atoms in total. The van der Waals surface area contributed by atoms with Gasteiger partial charge in [0.1, 0.15) is 0 Å². The van der Waals surface area contributed by atoms with E-state index in [0.717, 1.165) is 30.3 Å². The molecule has 1 N–H and O–H groups in total. The monoisotopic (exact) mass is 420 g/mol. The maximum Gasteiger partial charge on any atom is 0.335 e. The van der Waals surface area contributed by atoms with E-state index in [1.807, 2.05) is 0 Å². The number of carboxylic acids is 1. The molecule has 0 aliphatic rings. The summed E-state index contributed by atoms with van der Waals surface area (Å²) in [6.07, 6.45) is 0. The fraction of sp³-hybridized carbons (Fsp3) is 0. The van der Waals surface area contributed by atoms with Gasteiger partial charge in [-0.25, -0.2) is 4.79 Å². The number of aromatic carboxylic acids is 1. The van der Waals surface area contributed by atoms with Gasteiger partial charge in [-0.3, -0.25) is 25.0 Å². The summed E-state index contributed by atoms with van der Waals surface area (Å²) >= 11 is 16.1. The minimum absolute atomic E-state index is 0.0147. The average Bonchev–Trinajstić information content (AvgIpc) is 2.54. The fourth-order valence-electron chi connectivity index (χ4n) is 1.60. The summed E-state index contributed by atoms with van der Waals surface area (Å²) in [6.45, 7) is 0. The van der Waals surface area contributed by atoms with Crippen molar-refractivity contribution in [2.45, 2.75) is 0 Å². The van der Waals surface area contributed by atoms with Crippen molar-refractivity contribution in [3.05, 3.63) is 77.8 Å². The molecule has 0 radical (unpaired) electrons. The van der Waals surface area contributed by atoms with Crippen LogP contribution in [0.3, 0.4) is 0 Å². The van der Waals surface area contributed by atoms with Crippen molar-refractivity contribution in [1.82, 2.24) is 0 Å². The van der Waals surface area contributed by atoms with E-state index in [-0.39, 0.29) is 32.5 Å². The Bertz CT molecular complexity index is 764. The average molecular weight is 422 g/mol. The lowest BCUT2D eigenvalue weighted by molar-refractivity contribution is -0.385. The molecule has 0 unspecified atom stereocenters. The third-order valence-corrected chi connectivity index (χ3v) is 3.32. The molecule has 0 aromatic heterocycles. The van der Waals surface area contributed by atoms with E-state index in [1.165, 1.54) is 6.07 Å². The summed E-state index contributed by atoms with van der Waals surface area (Å²) in [5.74, 6) is -1.24. The Morgan fingerprint density at radius 3 is 1.54 bits per heavy atom. The zero-order valence-electron chi connectivity index (χ0n) is 12.4. The first-order valence-corrected chi connectivity index (χ1v) is 7.47. The highest BCUT2D eigenvalue weighted by atomic mass is 35.5. The lowest BCUT2D eigenvalue weighted by Crippen LogP contribution is -1.97. The smallest absolute Gasteiger partial charge is 0.335 e. The van der Waals surface area contributed by atoms with Gasteiger partial charge in [0.05, 0.1) is 15.4 Å². The van der Waals surface area contributed by atoms with Crippen molar-refractivity contribution in [2.75, 3.05) is 0 Å². The van der Waals surface area contributed by atoms with Gasteiger partial charge < -0.3 is 5.11 Å². The van der Waals surface area contributed by atoms with E-state index >= 15 is 0 Å². The van der Waals surface area contributed by atoms with Crippen LogP contribution in [0.15, 0.2) is 36.4 Å². The van der Waals surface area contributed by atoms with Crippen molar-refractivity contribution in [3.63, 3.8) is 0 Å². The van der Waals surface area contributed by atoms with Gasteiger partial charge in [-0.1, -0.05) is 23.2 Å². The first-order valence-electron chi connectivity index (χ1n) is 6.34. The van der Waals surface area contributed by atoms with Gasteiger partial charge in [-0.05, 0) is 23.7 Å². The van der Waals surface area contributed by atoms with Crippen molar-refractivity contribution in [1.29, 1.82) is 0 Å². The van der Waals surface area contributed by atoms with Crippen LogP contribution in [0.5, 0.6) is 0 Å². The molecular formula is C14H7Cl3N2O7. The number of carbonyl (C=O) groups is 2. The molecule has 0 fully saturated rings. The number of nitrogens with zero attached hydrogens (tertiary/aromatic N) is 2. The third kappa shape index (κ3) is 6.28. The Hall–Kier alpha value is -2.75. The van der Waals surface area contributed by atoms with Crippen LogP contribution >= 0.6 is 34.8 Å². The zero-order valence-corrected chi connectivity index (χ0v) is 14.7. The molecule has 136 valence electrons. The topological polar surface area (TPSA) is 141 Å². The third-order valence-electron chi connectivity index (χ3n) is 2.66. The second-order valence-corrected chi connectivity index (χ2v) is 5.71. The Balaban J connectivity index is 0.000000260. The molecule has 2 aromatic rings. The molecule has 2 rings (SSSR count). The summed E-state index contributed by atoms with van der Waals surface area (Å²) in [5, 5.41) is 28.5. The van der Waals surface area contributed by atoms with Crippen LogP contribution in [-0.4, -0.2) is 26.2 Å². The van der Waals surface area contributed by atoms with Crippen LogP contribution in [0.4, 0.5) is 11.4 Å². The summed E-state index contributed by atoms with van der Waals surface area (Å²) in [7, 11) is 0. The Kier molecular flexibility index (Phi) is 7.44. The van der Waals surface area contributed by atoms with Crippen LogP contribution in [0.25, 0.3) is 0 Å². The standard InChI is InChI=1S/C7H3Cl2NO3.C7H4ClNO4/c8-5-1-4(7(9)11)2-6(3-5)10(12)13;8-5-1-4(7(10)11)2-6(3-5)9(12)13/h1-3H;1-3H,(H,10,11). The normalized spacial score (nSPS) is 9.65. The van der Waals surface area contributed by atoms with Crippen LogP contribution in [0.2, 0.25) is 10.0 Å². The van der Waals surface area contributed by atoms with Crippen molar-refractivity contribution < 1.29 is 24.5 Å². The summed E-state index contributed by atoms with van der Waals surface area (Å²) in [5.41, 5.74) is -0.763. The number of rotatable bonds is 4. The molecule has 0 aliphatic carbocycles. The number of nitro benzene ring substituents is 2. The maximum atomic E-state index is 10.7. The minimum Gasteiger partial charge on any atom is -0.478 e. The van der Waals surface area contributed by atoms with Gasteiger partial charge >= 0.3 is 5.97 Å². The van der Waals surface area contributed by atoms with E-state index in [9.17, 15) is 29.8 Å². The molecule has 0 saturated carbocycles. The highest BCUT2D eigenvalue weighted by Crippen LogP contribution is 2.22. The number of carbonyl (C=O) groups excluding carboxylic acids is 1. The quantitative estimate of drug-likeness (QED) is 0.433. The first kappa shape index (κ1) is 21.3. The number of carboxylic acid groups (broad SMARTS) is 1. The fourth-order valence-corrected chi connectivity index (χ4v) is 2.16. The van der Waals surface area contributed by atoms with E-state index in [2.05, 4.69) is 0 Å². The number of halogens is 3. The van der Waals surface area contributed by atoms with Crippen molar-refractivity contribution in [2.24, 2.45) is 0 Å². The Morgan fingerprint density at radius 1 is 0.808 bits per heavy atom. The van der Waals surface area contributed by atoms with E-state index < -0.39 is 21.1 Å². The highest BCUT2D eigenvalue weighted by molar-refractivity contribution is 6.67. The second-order valence-electron chi connectivity index (χ2n) is 4.49. The van der Waals surface area contributed by atoms with Gasteiger partial charge in [-0.15, -0.1) is 0 Å². The maximum absolute atomic E-state index is 10.7. The van der Waals surface area contributed by atoms with E-state index in [4.69, 9.17) is 39.9 Å². The Morgan fingerprint density at radius 2 is 1.19 bits per heavy atom. The van der Waals surface area contributed by atoms with Gasteiger partial charge in [0.15, 0.2) is 0 Å². The predicted molar refractivity (Wildman–Crippen MR) is 93.4 cm³/mol. The van der Waals surface area contributed by atoms with Crippen molar-refractivity contribution >= 4 is 57.4 Å². The van der Waals surface area contributed by atoms with E-state index in [0.29, 0.717) is 0 Å². The molecule has 2 aromatic carbocycles. The number of benzene rings is 2. The molecule has 12 heteroatoms. The lowest BCUT2D eigenvalue weighted by atomic mass is 10.2. The van der Waals surface area contributed by atoms with Gasteiger partial charge in [-0.2, -0.15) is 0 Å². The van der Waals surface area contributed by atoms with Crippen molar-refractivity contribution in [3.8, 4) is 0 Å².